The highest BCUT2D eigenvalue weighted by molar-refractivity contribution is 6.07. The van der Waals surface area contributed by atoms with Crippen molar-refractivity contribution in [3.05, 3.63) is 59.7 Å². The summed E-state index contributed by atoms with van der Waals surface area (Å²) in [5.74, 6) is -1.07. The van der Waals surface area contributed by atoms with Crippen molar-refractivity contribution in [1.82, 2.24) is 10.2 Å². The first kappa shape index (κ1) is 17.2. The van der Waals surface area contributed by atoms with E-state index in [4.69, 9.17) is 0 Å². The van der Waals surface area contributed by atoms with Gasteiger partial charge in [-0.15, -0.1) is 0 Å². The Hall–Kier alpha value is -2.95. The summed E-state index contributed by atoms with van der Waals surface area (Å²) in [6, 6.07) is 15.8. The van der Waals surface area contributed by atoms with Crippen molar-refractivity contribution in [3.8, 4) is 11.1 Å². The number of rotatable bonds is 3. The third kappa shape index (κ3) is 2.57. The van der Waals surface area contributed by atoms with Crippen LogP contribution in [0.2, 0.25) is 0 Å². The van der Waals surface area contributed by atoms with Crippen LogP contribution in [0, 0.1) is 11.8 Å². The summed E-state index contributed by atoms with van der Waals surface area (Å²) in [6.07, 6.45) is 3.49. The Kier molecular flexibility index (Phi) is 4.04. The lowest BCUT2D eigenvalue weighted by atomic mass is 9.81. The van der Waals surface area contributed by atoms with Crippen LogP contribution in [-0.2, 0) is 14.4 Å². The van der Waals surface area contributed by atoms with Gasteiger partial charge in [0.2, 0.25) is 17.7 Å². The molecule has 1 N–H and O–H groups in total. The van der Waals surface area contributed by atoms with Gasteiger partial charge >= 0.3 is 0 Å². The minimum absolute atomic E-state index is 0.169. The van der Waals surface area contributed by atoms with Gasteiger partial charge in [0, 0.05) is 0 Å². The molecule has 142 valence electrons. The summed E-state index contributed by atoms with van der Waals surface area (Å²) < 4.78 is 0. The first-order chi connectivity index (χ1) is 13.6. The SMILES string of the molecule is O=C(CN1C(=O)[C@@H]2CCCC[C@H]2C1=O)NC1c2ccccc2-c2ccccc21. The van der Waals surface area contributed by atoms with Crippen LogP contribution in [0.3, 0.4) is 0 Å². The number of amides is 3. The van der Waals surface area contributed by atoms with Crippen molar-refractivity contribution in [1.29, 1.82) is 0 Å². The summed E-state index contributed by atoms with van der Waals surface area (Å²) in [4.78, 5) is 39.3. The molecule has 1 saturated carbocycles. The monoisotopic (exact) mass is 374 g/mol. The third-order valence-electron chi connectivity index (χ3n) is 6.37. The topological polar surface area (TPSA) is 66.5 Å². The van der Waals surface area contributed by atoms with Gasteiger partial charge in [-0.2, -0.15) is 0 Å². The van der Waals surface area contributed by atoms with Crippen LogP contribution in [0.15, 0.2) is 48.5 Å². The Bertz CT molecular complexity index is 914. The first-order valence-electron chi connectivity index (χ1n) is 9.98. The Morgan fingerprint density at radius 3 is 1.89 bits per heavy atom. The molecule has 28 heavy (non-hydrogen) atoms. The molecule has 5 nitrogen and oxygen atoms in total. The quantitative estimate of drug-likeness (QED) is 0.840. The second kappa shape index (κ2) is 6.59. The molecule has 0 bridgehead atoms. The van der Waals surface area contributed by atoms with Gasteiger partial charge in [0.05, 0.1) is 17.9 Å². The Morgan fingerprint density at radius 1 is 0.857 bits per heavy atom. The van der Waals surface area contributed by atoms with Crippen molar-refractivity contribution < 1.29 is 14.4 Å². The number of imide groups is 1. The molecule has 1 saturated heterocycles. The van der Waals surface area contributed by atoms with Crippen LogP contribution < -0.4 is 5.32 Å². The fourth-order valence-electron chi connectivity index (χ4n) is 5.05. The Morgan fingerprint density at radius 2 is 1.36 bits per heavy atom. The molecule has 0 spiro atoms. The van der Waals surface area contributed by atoms with Crippen molar-refractivity contribution in [2.45, 2.75) is 31.7 Å². The first-order valence-corrected chi connectivity index (χ1v) is 9.98. The predicted octanol–water partition coefficient (Wildman–Crippen LogP) is 3.05. The number of hydrogen-bond acceptors (Lipinski definition) is 3. The van der Waals surface area contributed by atoms with Crippen LogP contribution in [-0.4, -0.2) is 29.2 Å². The average molecular weight is 374 g/mol. The standard InChI is InChI=1S/C23H22N2O3/c26-20(13-25-22(27)18-11-5-6-12-19(18)23(25)28)24-21-16-9-3-1-7-14(16)15-8-2-4-10-17(15)21/h1-4,7-10,18-19,21H,5-6,11-13H2,(H,24,26)/t18-,19-/m1/s1. The van der Waals surface area contributed by atoms with Gasteiger partial charge in [0.15, 0.2) is 0 Å². The highest BCUT2D eigenvalue weighted by Crippen LogP contribution is 2.43. The summed E-state index contributed by atoms with van der Waals surface area (Å²) in [5.41, 5.74) is 4.32. The Balaban J connectivity index is 1.37. The molecule has 0 aromatic heterocycles. The van der Waals surface area contributed by atoms with Crippen LogP contribution in [0.5, 0.6) is 0 Å². The minimum atomic E-state index is -0.295. The molecule has 0 unspecified atom stereocenters. The Labute approximate surface area is 163 Å². The van der Waals surface area contributed by atoms with Gasteiger partial charge in [0.1, 0.15) is 6.54 Å². The van der Waals surface area contributed by atoms with Gasteiger partial charge < -0.3 is 5.32 Å². The number of nitrogens with one attached hydrogen (secondary N) is 1. The summed E-state index contributed by atoms with van der Waals surface area (Å²) in [6.45, 7) is -0.189. The molecular formula is C23H22N2O3. The molecule has 5 heteroatoms. The van der Waals surface area contributed by atoms with Crippen LogP contribution >= 0.6 is 0 Å². The number of benzene rings is 2. The van der Waals surface area contributed by atoms with E-state index in [1.54, 1.807) is 0 Å². The molecule has 1 heterocycles. The van der Waals surface area contributed by atoms with Crippen molar-refractivity contribution in [3.63, 3.8) is 0 Å². The highest BCUT2D eigenvalue weighted by atomic mass is 16.2. The van der Waals surface area contributed by atoms with E-state index in [0.717, 1.165) is 47.9 Å². The molecule has 2 aromatic carbocycles. The lowest BCUT2D eigenvalue weighted by Crippen LogP contribution is -2.42. The maximum absolute atomic E-state index is 12.8. The van der Waals surface area contributed by atoms with Gasteiger partial charge in [-0.05, 0) is 35.1 Å². The number of nitrogens with zero attached hydrogens (tertiary/aromatic N) is 1. The summed E-state index contributed by atoms with van der Waals surface area (Å²) in [7, 11) is 0. The van der Waals surface area contributed by atoms with E-state index in [1.807, 2.05) is 36.4 Å². The lowest BCUT2D eigenvalue weighted by Gasteiger charge is -2.19. The van der Waals surface area contributed by atoms with Crippen LogP contribution in [0.4, 0.5) is 0 Å². The van der Waals surface area contributed by atoms with Gasteiger partial charge in [-0.25, -0.2) is 0 Å². The zero-order valence-corrected chi connectivity index (χ0v) is 15.6. The zero-order chi connectivity index (χ0) is 19.3. The second-order valence-electron chi connectivity index (χ2n) is 7.94. The molecule has 2 aromatic rings. The van der Waals surface area contributed by atoms with E-state index in [2.05, 4.69) is 17.4 Å². The van der Waals surface area contributed by atoms with E-state index >= 15 is 0 Å². The number of likely N-dealkylation sites (tertiary alicyclic amines) is 1. The van der Waals surface area contributed by atoms with Gasteiger partial charge in [-0.1, -0.05) is 61.4 Å². The number of carbonyl (C=O) groups is 3. The van der Waals surface area contributed by atoms with E-state index in [9.17, 15) is 14.4 Å². The molecule has 1 aliphatic heterocycles. The molecule has 3 aliphatic rings. The number of carbonyl (C=O) groups excluding carboxylic acids is 3. The van der Waals surface area contributed by atoms with Crippen molar-refractivity contribution >= 4 is 17.7 Å². The largest absolute Gasteiger partial charge is 0.344 e. The smallest absolute Gasteiger partial charge is 0.240 e. The molecule has 2 atom stereocenters. The van der Waals surface area contributed by atoms with E-state index in [0.29, 0.717) is 0 Å². The molecule has 5 rings (SSSR count). The maximum atomic E-state index is 12.8. The molecular weight excluding hydrogens is 352 g/mol. The average Bonchev–Trinajstić information content (AvgIpc) is 3.17. The number of hydrogen-bond donors (Lipinski definition) is 1. The molecule has 2 fully saturated rings. The van der Waals surface area contributed by atoms with Crippen molar-refractivity contribution in [2.75, 3.05) is 6.54 Å². The van der Waals surface area contributed by atoms with Crippen molar-refractivity contribution in [2.24, 2.45) is 11.8 Å². The number of fused-ring (bicyclic) bond motifs is 4. The van der Waals surface area contributed by atoms with E-state index < -0.39 is 0 Å². The maximum Gasteiger partial charge on any atom is 0.240 e. The fourth-order valence-corrected chi connectivity index (χ4v) is 5.05. The summed E-state index contributed by atoms with van der Waals surface area (Å²) >= 11 is 0. The summed E-state index contributed by atoms with van der Waals surface area (Å²) in [5, 5.41) is 3.06. The fraction of sp³-hybridized carbons (Fsp3) is 0.348. The van der Waals surface area contributed by atoms with Gasteiger partial charge in [0.25, 0.3) is 0 Å². The zero-order valence-electron chi connectivity index (χ0n) is 15.6. The highest BCUT2D eigenvalue weighted by Gasteiger charge is 2.48. The van der Waals surface area contributed by atoms with Crippen LogP contribution in [0.1, 0.15) is 42.9 Å². The molecule has 0 radical (unpaired) electrons. The predicted molar refractivity (Wildman–Crippen MR) is 104 cm³/mol. The normalized spacial score (nSPS) is 23.4. The van der Waals surface area contributed by atoms with Gasteiger partial charge in [-0.3, -0.25) is 19.3 Å². The molecule has 2 aliphatic carbocycles. The van der Waals surface area contributed by atoms with Crippen LogP contribution in [0.25, 0.3) is 11.1 Å². The second-order valence-corrected chi connectivity index (χ2v) is 7.94. The molecule has 3 amide bonds. The minimum Gasteiger partial charge on any atom is -0.344 e. The van der Waals surface area contributed by atoms with E-state index in [-0.39, 0.29) is 42.1 Å². The third-order valence-corrected chi connectivity index (χ3v) is 6.37. The van der Waals surface area contributed by atoms with E-state index in [1.165, 1.54) is 4.90 Å². The lowest BCUT2D eigenvalue weighted by molar-refractivity contribution is -0.143.